The first kappa shape index (κ1) is 17.5. The van der Waals surface area contributed by atoms with Crippen LogP contribution in [0.5, 0.6) is 5.75 Å². The van der Waals surface area contributed by atoms with Gasteiger partial charge in [-0.3, -0.25) is 4.79 Å². The average molecular weight is 332 g/mol. The Balaban J connectivity index is 1.88. The molecule has 1 aromatic heterocycles. The molecule has 0 atom stereocenters. The van der Waals surface area contributed by atoms with Gasteiger partial charge in [-0.2, -0.15) is 0 Å². The third-order valence-electron chi connectivity index (χ3n) is 3.36. The molecule has 2 rings (SSSR count). The highest BCUT2D eigenvalue weighted by Crippen LogP contribution is 2.18. The van der Waals surface area contributed by atoms with Crippen molar-refractivity contribution in [2.45, 2.75) is 27.4 Å². The van der Waals surface area contributed by atoms with Crippen molar-refractivity contribution in [2.75, 3.05) is 13.2 Å². The highest BCUT2D eigenvalue weighted by atomic mass is 16.5. The van der Waals surface area contributed by atoms with E-state index in [9.17, 15) is 9.59 Å². The number of hydrogen-bond acceptors (Lipinski definition) is 6. The van der Waals surface area contributed by atoms with Crippen LogP contribution in [0, 0.1) is 13.8 Å². The van der Waals surface area contributed by atoms with E-state index in [1.165, 1.54) is 0 Å². The summed E-state index contributed by atoms with van der Waals surface area (Å²) >= 11 is 0. The summed E-state index contributed by atoms with van der Waals surface area (Å²) in [5.74, 6) is 0.442. The minimum atomic E-state index is -0.557. The van der Waals surface area contributed by atoms with E-state index in [4.69, 9.17) is 14.0 Å². The fourth-order valence-electron chi connectivity index (χ4n) is 2.01. The fourth-order valence-corrected chi connectivity index (χ4v) is 2.01. The maximum Gasteiger partial charge on any atom is 0.338 e. The van der Waals surface area contributed by atoms with Crippen LogP contribution in [0.3, 0.4) is 0 Å². The Morgan fingerprint density at radius 1 is 1.21 bits per heavy atom. The molecule has 1 N–H and O–H groups in total. The first-order valence-corrected chi connectivity index (χ1v) is 7.59. The molecule has 0 aliphatic heterocycles. The zero-order chi connectivity index (χ0) is 17.5. The van der Waals surface area contributed by atoms with E-state index in [-0.39, 0.29) is 12.5 Å². The molecule has 0 unspecified atom stereocenters. The summed E-state index contributed by atoms with van der Waals surface area (Å²) in [7, 11) is 0. The molecule has 7 heteroatoms. The lowest BCUT2D eigenvalue weighted by Gasteiger charge is -2.07. The van der Waals surface area contributed by atoms with Gasteiger partial charge in [0.2, 0.25) is 0 Å². The third kappa shape index (κ3) is 4.58. The predicted molar refractivity (Wildman–Crippen MR) is 85.7 cm³/mol. The normalized spacial score (nSPS) is 10.3. The van der Waals surface area contributed by atoms with Gasteiger partial charge in [-0.05, 0) is 45.0 Å². The number of amides is 1. The van der Waals surface area contributed by atoms with E-state index >= 15 is 0 Å². The maximum absolute atomic E-state index is 11.8. The third-order valence-corrected chi connectivity index (χ3v) is 3.36. The van der Waals surface area contributed by atoms with Crippen LogP contribution >= 0.6 is 0 Å². The molecule has 1 amide bonds. The molecule has 0 aliphatic carbocycles. The van der Waals surface area contributed by atoms with Crippen molar-refractivity contribution in [1.82, 2.24) is 10.5 Å². The zero-order valence-corrected chi connectivity index (χ0v) is 13.9. The van der Waals surface area contributed by atoms with E-state index in [1.807, 2.05) is 13.8 Å². The van der Waals surface area contributed by atoms with Gasteiger partial charge in [0.1, 0.15) is 18.1 Å². The second-order valence-electron chi connectivity index (χ2n) is 5.15. The maximum atomic E-state index is 11.8. The van der Waals surface area contributed by atoms with Gasteiger partial charge < -0.3 is 19.3 Å². The van der Waals surface area contributed by atoms with Gasteiger partial charge in [0.15, 0.2) is 6.61 Å². The van der Waals surface area contributed by atoms with Gasteiger partial charge in [-0.1, -0.05) is 5.16 Å². The molecular weight excluding hydrogens is 312 g/mol. The molecule has 0 spiro atoms. The number of benzene rings is 1. The van der Waals surface area contributed by atoms with Crippen LogP contribution in [-0.4, -0.2) is 30.2 Å². The number of nitrogens with zero attached hydrogens (tertiary/aromatic N) is 1. The smallest absolute Gasteiger partial charge is 0.338 e. The van der Waals surface area contributed by atoms with Crippen LogP contribution in [0.4, 0.5) is 0 Å². The molecule has 0 saturated carbocycles. The lowest BCUT2D eigenvalue weighted by atomic mass is 10.2. The van der Waals surface area contributed by atoms with E-state index < -0.39 is 5.97 Å². The van der Waals surface area contributed by atoms with Crippen molar-refractivity contribution in [3.63, 3.8) is 0 Å². The molecule has 1 heterocycles. The Bertz CT molecular complexity index is 687. The molecule has 24 heavy (non-hydrogen) atoms. The van der Waals surface area contributed by atoms with Gasteiger partial charge in [0, 0.05) is 6.54 Å². The Kier molecular flexibility index (Phi) is 5.95. The molecule has 0 bridgehead atoms. The van der Waals surface area contributed by atoms with Gasteiger partial charge in [0.25, 0.3) is 5.91 Å². The predicted octanol–water partition coefficient (Wildman–Crippen LogP) is 2.16. The monoisotopic (exact) mass is 332 g/mol. The van der Waals surface area contributed by atoms with Crippen molar-refractivity contribution in [1.29, 1.82) is 0 Å². The lowest BCUT2D eigenvalue weighted by molar-refractivity contribution is -0.124. The van der Waals surface area contributed by atoms with Crippen molar-refractivity contribution in [3.8, 4) is 5.75 Å². The quantitative estimate of drug-likeness (QED) is 0.781. The minimum absolute atomic E-state index is 0.295. The second kappa shape index (κ2) is 8.14. The number of ether oxygens (including phenoxy) is 2. The zero-order valence-electron chi connectivity index (χ0n) is 13.9. The SMILES string of the molecule is CCNC(=O)COC(=O)c1ccc(OCc2c(C)noc2C)cc1. The standard InChI is InChI=1S/C17H20N2O5/c1-4-18-16(20)10-23-17(21)13-5-7-14(8-6-13)22-9-15-11(2)19-24-12(15)3/h5-8H,4,9-10H2,1-3H3,(H,18,20). The van der Waals surface area contributed by atoms with Crippen molar-refractivity contribution >= 4 is 11.9 Å². The highest BCUT2D eigenvalue weighted by molar-refractivity contribution is 5.91. The van der Waals surface area contributed by atoms with Crippen LogP contribution in [0.15, 0.2) is 28.8 Å². The van der Waals surface area contributed by atoms with Crippen molar-refractivity contribution in [3.05, 3.63) is 46.8 Å². The van der Waals surface area contributed by atoms with E-state index in [2.05, 4.69) is 10.5 Å². The molecule has 7 nitrogen and oxygen atoms in total. The molecule has 0 aliphatic rings. The van der Waals surface area contributed by atoms with Crippen LogP contribution in [0.2, 0.25) is 0 Å². The second-order valence-corrected chi connectivity index (χ2v) is 5.15. The summed E-state index contributed by atoms with van der Waals surface area (Å²) in [6.07, 6.45) is 0. The Morgan fingerprint density at radius 3 is 2.50 bits per heavy atom. The number of hydrogen-bond donors (Lipinski definition) is 1. The minimum Gasteiger partial charge on any atom is -0.489 e. The number of esters is 1. The molecule has 2 aromatic rings. The number of aryl methyl sites for hydroxylation is 2. The Labute approximate surface area is 139 Å². The lowest BCUT2D eigenvalue weighted by Crippen LogP contribution is -2.28. The summed E-state index contributed by atoms with van der Waals surface area (Å²) in [5.41, 5.74) is 2.04. The van der Waals surface area contributed by atoms with Crippen LogP contribution < -0.4 is 10.1 Å². The van der Waals surface area contributed by atoms with Crippen molar-refractivity contribution < 1.29 is 23.6 Å². The Morgan fingerprint density at radius 2 is 1.92 bits per heavy atom. The number of nitrogens with one attached hydrogen (secondary N) is 1. The topological polar surface area (TPSA) is 90.7 Å². The van der Waals surface area contributed by atoms with Crippen molar-refractivity contribution in [2.24, 2.45) is 0 Å². The van der Waals surface area contributed by atoms with E-state index in [1.54, 1.807) is 31.2 Å². The summed E-state index contributed by atoms with van der Waals surface area (Å²) in [6, 6.07) is 6.51. The van der Waals surface area contributed by atoms with E-state index in [0.717, 1.165) is 17.0 Å². The first-order chi connectivity index (χ1) is 11.5. The van der Waals surface area contributed by atoms with E-state index in [0.29, 0.717) is 24.5 Å². The number of rotatable bonds is 7. The molecule has 128 valence electrons. The molecule has 0 radical (unpaired) electrons. The average Bonchev–Trinajstić information content (AvgIpc) is 2.90. The number of carbonyl (C=O) groups excluding carboxylic acids is 2. The fraction of sp³-hybridized carbons (Fsp3) is 0.353. The summed E-state index contributed by atoms with van der Waals surface area (Å²) < 4.78 is 15.7. The molecule has 0 saturated heterocycles. The van der Waals surface area contributed by atoms with Gasteiger partial charge in [0.05, 0.1) is 16.8 Å². The van der Waals surface area contributed by atoms with Gasteiger partial charge in [-0.15, -0.1) is 0 Å². The summed E-state index contributed by atoms with van der Waals surface area (Å²) in [4.78, 5) is 23.1. The van der Waals surface area contributed by atoms with Crippen LogP contribution in [0.1, 0.15) is 34.3 Å². The van der Waals surface area contributed by atoms with Gasteiger partial charge >= 0.3 is 5.97 Å². The molecule has 1 aromatic carbocycles. The first-order valence-electron chi connectivity index (χ1n) is 7.59. The number of aromatic nitrogens is 1. The largest absolute Gasteiger partial charge is 0.489 e. The van der Waals surface area contributed by atoms with Crippen LogP contribution in [-0.2, 0) is 16.1 Å². The Hall–Kier alpha value is -2.83. The van der Waals surface area contributed by atoms with Crippen LogP contribution in [0.25, 0.3) is 0 Å². The molecular formula is C17H20N2O5. The summed E-state index contributed by atoms with van der Waals surface area (Å²) in [6.45, 7) is 6.00. The van der Waals surface area contributed by atoms with Gasteiger partial charge in [-0.25, -0.2) is 4.79 Å². The number of likely N-dealkylation sites (N-methyl/N-ethyl adjacent to an activating group) is 1. The number of carbonyl (C=O) groups is 2. The highest BCUT2D eigenvalue weighted by Gasteiger charge is 2.11. The molecule has 0 fully saturated rings. The summed E-state index contributed by atoms with van der Waals surface area (Å²) in [5, 5.41) is 6.42.